The molecule has 0 bridgehead atoms. The van der Waals surface area contributed by atoms with Crippen LogP contribution in [0.4, 0.5) is 92.2 Å². The molecule has 1 aliphatic carbocycles. The van der Waals surface area contributed by atoms with Gasteiger partial charge >= 0.3 is 59.5 Å². The number of ether oxygens (including phenoxy) is 1. The zero-order valence-electron chi connectivity index (χ0n) is 22.3. The standard InChI is InChI=1S/C24H19F21O/c1-2-46-14-9-5-12(6-10-14)11-3-7-13(8-4-11)15(25,26)16(27,28)17(29,30)18(31,32)19(33,34)20(35,36)21(37,38)22(39,40)23(41,42)24(43,44)45/h5-6,9-11,13H,2-4,7-8H2,1H3/t11-,13-. The first kappa shape index (κ1) is 39.7. The van der Waals surface area contributed by atoms with Crippen molar-refractivity contribution in [2.75, 3.05) is 6.61 Å². The number of hydrogen-bond acceptors (Lipinski definition) is 1. The van der Waals surface area contributed by atoms with Crippen molar-refractivity contribution >= 4 is 0 Å². The van der Waals surface area contributed by atoms with Gasteiger partial charge in [0.15, 0.2) is 0 Å². The predicted molar refractivity (Wildman–Crippen MR) is 113 cm³/mol. The lowest BCUT2D eigenvalue weighted by atomic mass is 9.73. The number of halogens is 21. The van der Waals surface area contributed by atoms with Gasteiger partial charge < -0.3 is 4.74 Å². The highest BCUT2D eigenvalue weighted by Crippen LogP contribution is 2.67. The molecule has 0 N–H and O–H groups in total. The Morgan fingerprint density at radius 2 is 0.804 bits per heavy atom. The summed E-state index contributed by atoms with van der Waals surface area (Å²) in [6, 6.07) is 5.53. The summed E-state index contributed by atoms with van der Waals surface area (Å²) in [5.74, 6) is -80.1. The SMILES string of the molecule is CCOc1ccc([C@H]2CC[C@H](C(F)(F)C(F)(F)C(F)(F)C(F)(F)C(F)(F)C(F)(F)C(F)(F)C(F)(F)C(F)(F)C(F)(F)F)CC2)cc1. The second kappa shape index (κ2) is 11.6. The minimum Gasteiger partial charge on any atom is -0.494 e. The molecule has 0 atom stereocenters. The normalized spacial score (nSPS) is 20.6. The molecule has 1 aliphatic rings. The van der Waals surface area contributed by atoms with E-state index in [1.807, 2.05) is 0 Å². The fourth-order valence-electron chi connectivity index (χ4n) is 4.62. The molecule has 2 rings (SSSR count). The van der Waals surface area contributed by atoms with E-state index >= 15 is 0 Å². The fraction of sp³-hybridized carbons (Fsp3) is 0.750. The molecule has 268 valence electrons. The lowest BCUT2D eigenvalue weighted by Gasteiger charge is -2.46. The van der Waals surface area contributed by atoms with Gasteiger partial charge in [0.05, 0.1) is 6.61 Å². The Morgan fingerprint density at radius 1 is 0.478 bits per heavy atom. The Labute approximate surface area is 244 Å². The summed E-state index contributed by atoms with van der Waals surface area (Å²) in [6.45, 7) is 1.84. The molecule has 0 aromatic heterocycles. The van der Waals surface area contributed by atoms with Crippen molar-refractivity contribution in [1.82, 2.24) is 0 Å². The van der Waals surface area contributed by atoms with Gasteiger partial charge in [-0.25, -0.2) is 0 Å². The van der Waals surface area contributed by atoms with E-state index in [1.54, 1.807) is 6.92 Å². The molecule has 1 fully saturated rings. The maximum absolute atomic E-state index is 14.7. The molecule has 22 heteroatoms. The first-order valence-electron chi connectivity index (χ1n) is 12.5. The summed E-state index contributed by atoms with van der Waals surface area (Å²) < 4.78 is 292. The molecule has 0 aliphatic heterocycles. The highest BCUT2D eigenvalue weighted by Gasteiger charge is 2.98. The fourth-order valence-corrected chi connectivity index (χ4v) is 4.62. The first-order chi connectivity index (χ1) is 20.3. The maximum Gasteiger partial charge on any atom is 0.460 e. The molecule has 0 amide bonds. The van der Waals surface area contributed by atoms with Crippen molar-refractivity contribution in [2.24, 2.45) is 5.92 Å². The predicted octanol–water partition coefficient (Wildman–Crippen LogP) is 10.6. The molecular formula is C24H19F21O. The minimum absolute atomic E-state index is 0.226. The van der Waals surface area contributed by atoms with Crippen LogP contribution in [-0.2, 0) is 0 Å². The topological polar surface area (TPSA) is 9.23 Å². The van der Waals surface area contributed by atoms with Gasteiger partial charge in [0.2, 0.25) is 0 Å². The van der Waals surface area contributed by atoms with Crippen LogP contribution in [0.3, 0.4) is 0 Å². The van der Waals surface area contributed by atoms with Crippen molar-refractivity contribution in [2.45, 2.75) is 98.0 Å². The lowest BCUT2D eigenvalue weighted by Crippen LogP contribution is -2.77. The summed E-state index contributed by atoms with van der Waals surface area (Å²) >= 11 is 0. The van der Waals surface area contributed by atoms with Crippen LogP contribution in [0.1, 0.15) is 44.1 Å². The molecular weight excluding hydrogens is 703 g/mol. The number of alkyl halides is 21. The Kier molecular flexibility index (Phi) is 10.0. The van der Waals surface area contributed by atoms with Crippen LogP contribution in [-0.4, -0.2) is 66.1 Å². The van der Waals surface area contributed by atoms with Gasteiger partial charge in [-0.2, -0.15) is 92.2 Å². The van der Waals surface area contributed by atoms with Gasteiger partial charge in [0.1, 0.15) is 5.75 Å². The van der Waals surface area contributed by atoms with E-state index in [1.165, 1.54) is 24.3 Å². The van der Waals surface area contributed by atoms with Gasteiger partial charge in [0, 0.05) is 5.92 Å². The summed E-state index contributed by atoms with van der Waals surface area (Å²) in [7, 11) is 0. The largest absolute Gasteiger partial charge is 0.494 e. The van der Waals surface area contributed by atoms with Gasteiger partial charge in [-0.15, -0.1) is 0 Å². The van der Waals surface area contributed by atoms with Crippen molar-refractivity contribution in [3.8, 4) is 5.75 Å². The van der Waals surface area contributed by atoms with Crippen LogP contribution >= 0.6 is 0 Å². The quantitative estimate of drug-likeness (QED) is 0.195. The van der Waals surface area contributed by atoms with Crippen LogP contribution in [0.5, 0.6) is 5.75 Å². The molecule has 1 nitrogen and oxygen atoms in total. The lowest BCUT2D eigenvalue weighted by molar-refractivity contribution is -0.475. The Balaban J connectivity index is 2.45. The summed E-state index contributed by atoms with van der Waals surface area (Å²) in [4.78, 5) is 0. The van der Waals surface area contributed by atoms with E-state index in [9.17, 15) is 92.2 Å². The molecule has 0 heterocycles. The third-order valence-electron chi connectivity index (χ3n) is 7.44. The molecule has 1 aromatic rings. The van der Waals surface area contributed by atoms with Crippen molar-refractivity contribution in [3.05, 3.63) is 29.8 Å². The Morgan fingerprint density at radius 3 is 1.13 bits per heavy atom. The summed E-state index contributed by atoms with van der Waals surface area (Å²) in [5, 5.41) is 0. The van der Waals surface area contributed by atoms with Crippen molar-refractivity contribution in [3.63, 3.8) is 0 Å². The summed E-state index contributed by atoms with van der Waals surface area (Å²) in [5.41, 5.74) is 0.351. The second-order valence-corrected chi connectivity index (χ2v) is 10.3. The zero-order chi connectivity index (χ0) is 36.4. The molecule has 1 saturated carbocycles. The smallest absolute Gasteiger partial charge is 0.460 e. The van der Waals surface area contributed by atoms with Crippen molar-refractivity contribution in [1.29, 1.82) is 0 Å². The molecule has 1 aromatic carbocycles. The molecule has 0 unspecified atom stereocenters. The summed E-state index contributed by atoms with van der Waals surface area (Å²) in [6.07, 6.45) is -11.6. The first-order valence-corrected chi connectivity index (χ1v) is 12.5. The van der Waals surface area contributed by atoms with E-state index < -0.39 is 97.0 Å². The third-order valence-corrected chi connectivity index (χ3v) is 7.44. The van der Waals surface area contributed by atoms with Gasteiger partial charge in [0.25, 0.3) is 0 Å². The Hall–Kier alpha value is -2.45. The second-order valence-electron chi connectivity index (χ2n) is 10.3. The van der Waals surface area contributed by atoms with E-state index in [2.05, 4.69) is 0 Å². The monoisotopic (exact) mass is 722 g/mol. The molecule has 0 radical (unpaired) electrons. The Bertz CT molecular complexity index is 1190. The highest BCUT2D eigenvalue weighted by molar-refractivity contribution is 5.30. The number of benzene rings is 1. The van der Waals surface area contributed by atoms with E-state index in [0.717, 1.165) is 0 Å². The zero-order valence-corrected chi connectivity index (χ0v) is 22.3. The van der Waals surface area contributed by atoms with Crippen LogP contribution in [0.15, 0.2) is 24.3 Å². The molecule has 46 heavy (non-hydrogen) atoms. The number of rotatable bonds is 12. The van der Waals surface area contributed by atoms with Gasteiger partial charge in [-0.3, -0.25) is 0 Å². The van der Waals surface area contributed by atoms with Crippen LogP contribution in [0.2, 0.25) is 0 Å². The maximum atomic E-state index is 14.7. The van der Waals surface area contributed by atoms with Crippen LogP contribution in [0.25, 0.3) is 0 Å². The highest BCUT2D eigenvalue weighted by atomic mass is 19.4. The van der Waals surface area contributed by atoms with Crippen molar-refractivity contribution < 1.29 is 96.9 Å². The third kappa shape index (κ3) is 5.49. The molecule has 0 saturated heterocycles. The van der Waals surface area contributed by atoms with Gasteiger partial charge in [-0.05, 0) is 56.2 Å². The van der Waals surface area contributed by atoms with E-state index in [0.29, 0.717) is 11.3 Å². The minimum atomic E-state index is -9.16. The van der Waals surface area contributed by atoms with Crippen LogP contribution in [0, 0.1) is 5.92 Å². The van der Waals surface area contributed by atoms with Crippen LogP contribution < -0.4 is 4.74 Å². The average molecular weight is 722 g/mol. The van der Waals surface area contributed by atoms with E-state index in [4.69, 9.17) is 4.74 Å². The van der Waals surface area contributed by atoms with E-state index in [-0.39, 0.29) is 6.61 Å². The average Bonchev–Trinajstić information content (AvgIpc) is 2.92. The van der Waals surface area contributed by atoms with Gasteiger partial charge in [-0.1, -0.05) is 12.1 Å². The molecule has 0 spiro atoms. The number of hydrogen-bond donors (Lipinski definition) is 0.